The highest BCUT2D eigenvalue weighted by molar-refractivity contribution is 8.00. The number of benzene rings is 4. The number of primary amides is 2. The van der Waals surface area contributed by atoms with Gasteiger partial charge in [0.05, 0.1) is 18.7 Å². The summed E-state index contributed by atoms with van der Waals surface area (Å²) in [5.41, 5.74) is 19.6. The predicted molar refractivity (Wildman–Crippen MR) is 476 cm³/mol. The number of phenols is 1. The number of nitrogens with two attached hydrogens (primary N) is 3. The van der Waals surface area contributed by atoms with Gasteiger partial charge in [-0.3, -0.25) is 81.5 Å². The fourth-order valence-corrected chi connectivity index (χ4v) is 16.9. The number of aromatic nitrogens is 1. The Morgan fingerprint density at radius 1 is 0.527 bits per heavy atom. The molecule has 129 heavy (non-hydrogen) atoms. The number of carbonyl (C=O) groups is 17. The second-order valence-electron chi connectivity index (χ2n) is 33.8. The smallest absolute Gasteiger partial charge is 0.305 e. The van der Waals surface area contributed by atoms with Gasteiger partial charge in [0, 0.05) is 89.2 Å². The predicted octanol–water partition coefficient (Wildman–Crippen LogP) is 0.734. The zero-order valence-electron chi connectivity index (χ0n) is 74.1. The highest BCUT2D eigenvalue weighted by Gasteiger charge is 2.46. The molecule has 3 saturated heterocycles. The summed E-state index contributed by atoms with van der Waals surface area (Å²) in [6.07, 6.45) is 0.241. The Morgan fingerprint density at radius 3 is 1.71 bits per heavy atom. The Bertz CT molecular complexity index is 4790. The van der Waals surface area contributed by atoms with Gasteiger partial charge in [0.15, 0.2) is 0 Å². The maximum atomic E-state index is 15.7. The van der Waals surface area contributed by atoms with E-state index in [4.69, 9.17) is 17.2 Å². The van der Waals surface area contributed by atoms with Crippen molar-refractivity contribution >= 4 is 123 Å². The molecule has 0 bridgehead atoms. The van der Waals surface area contributed by atoms with Crippen LogP contribution in [0.3, 0.4) is 0 Å². The Morgan fingerprint density at radius 2 is 1.08 bits per heavy atom. The first-order chi connectivity index (χ1) is 61.4. The average Bonchev–Trinajstić information content (AvgIpc) is 1.77. The molecule has 1 aromatic heterocycles. The van der Waals surface area contributed by atoms with Gasteiger partial charge in [0.2, 0.25) is 94.5 Å². The molecule has 16 amide bonds. The third-order valence-corrected chi connectivity index (χ3v) is 24.3. The number of H-pyrrole nitrogens is 1. The van der Waals surface area contributed by atoms with Crippen molar-refractivity contribution in [3.63, 3.8) is 0 Å². The van der Waals surface area contributed by atoms with Gasteiger partial charge < -0.3 is 105 Å². The number of carboxylic acid groups (broad SMARTS) is 1. The number of unbranched alkanes of at least 4 members (excludes halogenated alkanes) is 1. The Balaban J connectivity index is 1.22. The number of phenolic OH excluding ortho intramolecular Hbond substituents is 1. The molecular formula is C90H123FN18O19S. The number of halogens is 1. The van der Waals surface area contributed by atoms with Crippen LogP contribution in [0, 0.1) is 17.7 Å². The van der Waals surface area contributed by atoms with Crippen LogP contribution >= 0.6 is 11.8 Å². The van der Waals surface area contributed by atoms with Crippen molar-refractivity contribution in [2.45, 2.75) is 229 Å². The van der Waals surface area contributed by atoms with Crippen molar-refractivity contribution in [3.8, 4) is 5.75 Å². The van der Waals surface area contributed by atoms with Gasteiger partial charge >= 0.3 is 5.97 Å². The highest BCUT2D eigenvalue weighted by atomic mass is 32.2. The number of para-hydroxylation sites is 1. The van der Waals surface area contributed by atoms with E-state index in [0.717, 1.165) is 33.7 Å². The molecule has 4 aromatic carbocycles. The van der Waals surface area contributed by atoms with E-state index in [1.54, 1.807) is 88.5 Å². The third kappa shape index (κ3) is 29.5. The number of carbonyl (C=O) groups excluding carboxylic acids is 16. The number of aromatic amines is 1. The van der Waals surface area contributed by atoms with E-state index in [9.17, 15) is 53.0 Å². The van der Waals surface area contributed by atoms with E-state index in [0.29, 0.717) is 58.8 Å². The summed E-state index contributed by atoms with van der Waals surface area (Å²) in [6.45, 7) is 7.57. The lowest BCUT2D eigenvalue weighted by atomic mass is 9.96. The number of fused-ring (bicyclic) bond motifs is 3. The fraction of sp³-hybridized carbons (Fsp3) is 0.522. The van der Waals surface area contributed by atoms with Crippen LogP contribution in [0.2, 0.25) is 0 Å². The number of likely N-dealkylation sites (N-methyl/N-ethyl adjacent to an activating group) is 3. The molecule has 0 spiro atoms. The molecule has 39 heteroatoms. The minimum atomic E-state index is -1.90. The van der Waals surface area contributed by atoms with Crippen molar-refractivity contribution in [1.82, 2.24) is 77.3 Å². The Labute approximate surface area is 752 Å². The maximum absolute atomic E-state index is 15.7. The van der Waals surface area contributed by atoms with Crippen LogP contribution in [-0.4, -0.2) is 278 Å². The van der Waals surface area contributed by atoms with Gasteiger partial charge in [-0.05, 0) is 135 Å². The van der Waals surface area contributed by atoms with Gasteiger partial charge in [-0.25, -0.2) is 4.39 Å². The molecule has 8 rings (SSSR count). The number of thioether (sulfide) groups is 1. The first kappa shape index (κ1) is 102. The largest absolute Gasteiger partial charge is 0.508 e. The van der Waals surface area contributed by atoms with E-state index < -0.39 is 228 Å². The van der Waals surface area contributed by atoms with E-state index in [-0.39, 0.29) is 102 Å². The number of nitrogens with zero attached hydrogens (tertiary/aromatic N) is 5. The normalized spacial score (nSPS) is 24.0. The van der Waals surface area contributed by atoms with Gasteiger partial charge in [-0.15, -0.1) is 11.8 Å². The minimum absolute atomic E-state index is 0.00177. The lowest BCUT2D eigenvalue weighted by Gasteiger charge is -2.38. The Kier molecular flexibility index (Phi) is 38.8. The lowest BCUT2D eigenvalue weighted by molar-refractivity contribution is -0.152. The maximum Gasteiger partial charge on any atom is 0.305 e. The molecule has 0 saturated carbocycles. The molecule has 700 valence electrons. The van der Waals surface area contributed by atoms with E-state index >= 15 is 43.2 Å². The SMILES string of the molecule is CCCC[C@H]1C(=O)N2CCC[C@@H]2C(=O)N[C@@H](CC(=O)O)C(=O)N[C@@H](C(C)C)C(=O)N(C)[C@@H](CC(C)C)C(=O)N[C@@H](CCC(N)=O)C(=O)N2CCCC[C@@H]2C(=O)N[C@@H](Cc2c[nH]c3ccccc23)C(=O)N[C@@H](Cc2ccc(O)cc2)C(=O)N[C@@H](CCCN)C(=O)N[C@H](C(=O)NCC(N)=O)CSCC(=O)N[C@@H](Cc2ccc(F)cc2)C(=O)N(C)[C@@H](Cc2ccccc2)C(=O)N1C. The molecule has 37 nitrogen and oxygen atoms in total. The van der Waals surface area contributed by atoms with Crippen LogP contribution in [0.25, 0.3) is 10.9 Å². The van der Waals surface area contributed by atoms with Crippen LogP contribution in [0.1, 0.15) is 147 Å². The lowest BCUT2D eigenvalue weighted by Crippen LogP contribution is -2.63. The van der Waals surface area contributed by atoms with E-state index in [1.165, 1.54) is 72.2 Å². The molecule has 4 heterocycles. The van der Waals surface area contributed by atoms with Crippen LogP contribution in [0.5, 0.6) is 5.75 Å². The third-order valence-electron chi connectivity index (χ3n) is 23.2. The minimum Gasteiger partial charge on any atom is -0.508 e. The molecule has 5 aromatic rings. The monoisotopic (exact) mass is 1810 g/mol. The summed E-state index contributed by atoms with van der Waals surface area (Å²) in [5.74, 6) is -19.1. The number of hydrogen-bond donors (Lipinski definition) is 15. The molecule has 3 fully saturated rings. The summed E-state index contributed by atoms with van der Waals surface area (Å²) >= 11 is 0.773. The first-order valence-corrected chi connectivity index (χ1v) is 44.8. The van der Waals surface area contributed by atoms with Crippen molar-refractivity contribution < 1.29 is 96.1 Å². The second kappa shape index (κ2) is 49.1. The van der Waals surface area contributed by atoms with Crippen molar-refractivity contribution in [3.05, 3.63) is 137 Å². The molecule has 0 aliphatic carbocycles. The number of amides is 16. The molecule has 3 aliphatic rings. The number of piperidine rings is 1. The van der Waals surface area contributed by atoms with Crippen molar-refractivity contribution in [1.29, 1.82) is 0 Å². The summed E-state index contributed by atoms with van der Waals surface area (Å²) < 4.78 is 14.6. The summed E-state index contributed by atoms with van der Waals surface area (Å²) in [6, 6.07) is 6.29. The first-order valence-electron chi connectivity index (χ1n) is 43.7. The number of rotatable bonds is 25. The van der Waals surface area contributed by atoms with Crippen LogP contribution in [-0.2, 0) is 107 Å². The zero-order chi connectivity index (χ0) is 94.5. The van der Waals surface area contributed by atoms with Gasteiger partial charge in [-0.2, -0.15) is 0 Å². The number of aliphatic carboxylic acids is 1. The van der Waals surface area contributed by atoms with Gasteiger partial charge in [0.1, 0.15) is 90.1 Å². The summed E-state index contributed by atoms with van der Waals surface area (Å²) in [5, 5.41) is 45.2. The van der Waals surface area contributed by atoms with Crippen LogP contribution in [0.15, 0.2) is 109 Å². The standard InChI is InChI=1S/C90H123FN18O19S/c1-9-10-25-70-89(127)109-40-19-27-69(109)84(122)102-65(46-76(114)115)82(120)104-77(52(4)5)90(128)106(7)71(41-51(2)3)85(123)99-62(36-37-73(93)111)87(125)108-39-17-16-26-68(108)83(121)101-64(45-56-47-95-60-23-15-14-22-59(56)60)81(119)100-63(42-55-30-34-58(110)35-31-55)80(118)98-61(24-18-38-92)79(117)103-67(78(116)96-48-74(94)112)49-129-50-75(113)97-66(43-54-28-32-57(91)33-29-54)86(124)107(8)72(88(126)105(70)6)44-53-20-12-11-13-21-53/h11-15,20-23,28-35,47,51-52,61-72,77,95,110H,9-10,16-19,24-27,36-46,48-50,92H2,1-8H3,(H2,93,111)(H2,94,112)(H,96,116)(H,97,113)(H,98,118)(H,99,123)(H,100,119)(H,101,121)(H,102,122)(H,103,117)(H,104,120)(H,114,115)/t61-,62-,63-,64-,65-,66-,67-,68+,69+,70-,71-,72-,77-/m0/s1. The van der Waals surface area contributed by atoms with Crippen LogP contribution in [0.4, 0.5) is 4.39 Å². The molecular weight excluding hydrogens is 1690 g/mol. The molecule has 0 radical (unpaired) electrons. The van der Waals surface area contributed by atoms with Gasteiger partial charge in [0.25, 0.3) is 0 Å². The quantitative estimate of drug-likeness (QED) is 0.0383. The number of hydrogen-bond acceptors (Lipinski definition) is 20. The van der Waals surface area contributed by atoms with Crippen molar-refractivity contribution in [2.75, 3.05) is 58.8 Å². The fourth-order valence-electron chi connectivity index (χ4n) is 16.1. The highest BCUT2D eigenvalue weighted by Crippen LogP contribution is 2.28. The average molecular weight is 1810 g/mol. The summed E-state index contributed by atoms with van der Waals surface area (Å²) in [7, 11) is 3.97. The van der Waals surface area contributed by atoms with E-state index in [2.05, 4.69) is 52.8 Å². The Hall–Kier alpha value is -12.6. The summed E-state index contributed by atoms with van der Waals surface area (Å²) in [4.78, 5) is 258. The molecule has 3 aliphatic heterocycles. The van der Waals surface area contributed by atoms with Crippen molar-refractivity contribution in [2.24, 2.45) is 29.0 Å². The van der Waals surface area contributed by atoms with Gasteiger partial charge in [-0.1, -0.05) is 120 Å². The van der Waals surface area contributed by atoms with E-state index in [1.807, 2.05) is 6.92 Å². The molecule has 13 atom stereocenters. The second-order valence-corrected chi connectivity index (χ2v) is 34.8. The molecule has 18 N–H and O–H groups in total. The number of carboxylic acids is 1. The topological polar surface area (TPSA) is 549 Å². The zero-order valence-corrected chi connectivity index (χ0v) is 74.9. The van der Waals surface area contributed by atoms with Crippen LogP contribution < -0.4 is 65.1 Å². The number of nitrogens with one attached hydrogen (secondary N) is 10. The molecule has 0 unspecified atom stereocenters. The number of aromatic hydroxyl groups is 1.